The number of amidine groups is 1. The first-order valence-corrected chi connectivity index (χ1v) is 11.5. The van der Waals surface area contributed by atoms with E-state index >= 15 is 0 Å². The van der Waals surface area contributed by atoms with Crippen molar-refractivity contribution in [1.82, 2.24) is 14.8 Å². The SMILES string of the molecule is CSC(=NC#N)N1CCN(Cc2c(-c3ccccc3)nc3ccccc3c2C(=O)O)CC1. The average molecular weight is 446 g/mol. The van der Waals surface area contributed by atoms with Crippen molar-refractivity contribution in [1.29, 1.82) is 5.26 Å². The van der Waals surface area contributed by atoms with Crippen LogP contribution in [0.2, 0.25) is 0 Å². The Morgan fingerprint density at radius 2 is 1.81 bits per heavy atom. The molecule has 4 rings (SSSR count). The molecular formula is C24H23N5O2S. The number of benzene rings is 2. The number of carbonyl (C=O) groups is 1. The first-order valence-electron chi connectivity index (χ1n) is 10.3. The van der Waals surface area contributed by atoms with Crippen molar-refractivity contribution in [2.45, 2.75) is 6.54 Å². The van der Waals surface area contributed by atoms with Crippen LogP contribution in [0.4, 0.5) is 0 Å². The van der Waals surface area contributed by atoms with Crippen LogP contribution in [0.3, 0.4) is 0 Å². The summed E-state index contributed by atoms with van der Waals surface area (Å²) in [7, 11) is 0. The highest BCUT2D eigenvalue weighted by molar-refractivity contribution is 8.13. The Balaban J connectivity index is 1.72. The third kappa shape index (κ3) is 4.44. The Bertz CT molecular complexity index is 1200. The number of nitriles is 1. The van der Waals surface area contributed by atoms with Crippen LogP contribution in [0.1, 0.15) is 15.9 Å². The van der Waals surface area contributed by atoms with Gasteiger partial charge >= 0.3 is 5.97 Å². The van der Waals surface area contributed by atoms with Crippen LogP contribution >= 0.6 is 11.8 Å². The van der Waals surface area contributed by atoms with Crippen molar-refractivity contribution in [3.05, 3.63) is 65.7 Å². The number of carboxylic acid groups (broad SMARTS) is 1. The fourth-order valence-corrected chi connectivity index (χ4v) is 4.67. The fourth-order valence-electron chi connectivity index (χ4n) is 4.09. The van der Waals surface area contributed by atoms with Crippen LogP contribution in [-0.4, -0.2) is 63.5 Å². The smallest absolute Gasteiger partial charge is 0.336 e. The molecule has 1 fully saturated rings. The maximum Gasteiger partial charge on any atom is 0.336 e. The van der Waals surface area contributed by atoms with E-state index in [-0.39, 0.29) is 0 Å². The lowest BCUT2D eigenvalue weighted by atomic mass is 9.96. The summed E-state index contributed by atoms with van der Waals surface area (Å²) >= 11 is 1.46. The summed E-state index contributed by atoms with van der Waals surface area (Å²) in [6.45, 7) is 3.43. The van der Waals surface area contributed by atoms with Crippen LogP contribution in [0.25, 0.3) is 22.2 Å². The number of carboxylic acids is 1. The second-order valence-electron chi connectivity index (χ2n) is 7.46. The van der Waals surface area contributed by atoms with Gasteiger partial charge in [-0.1, -0.05) is 60.3 Å². The Kier molecular flexibility index (Phi) is 6.69. The molecule has 32 heavy (non-hydrogen) atoms. The third-order valence-corrected chi connectivity index (χ3v) is 6.32. The van der Waals surface area contributed by atoms with Gasteiger partial charge in [-0.2, -0.15) is 5.26 Å². The van der Waals surface area contributed by atoms with Gasteiger partial charge in [0.2, 0.25) is 6.19 Å². The molecule has 0 unspecified atom stereocenters. The van der Waals surface area contributed by atoms with Gasteiger partial charge in [0.15, 0.2) is 5.17 Å². The molecule has 0 bridgehead atoms. The molecule has 2 heterocycles. The van der Waals surface area contributed by atoms with Gasteiger partial charge in [0.05, 0.1) is 16.8 Å². The lowest BCUT2D eigenvalue weighted by Crippen LogP contribution is -2.47. The van der Waals surface area contributed by atoms with E-state index in [1.807, 2.05) is 67.0 Å². The molecule has 0 saturated carbocycles. The number of aliphatic imine (C=N–C) groups is 1. The van der Waals surface area contributed by atoms with E-state index in [4.69, 9.17) is 10.2 Å². The number of nitrogens with zero attached hydrogens (tertiary/aromatic N) is 5. The Morgan fingerprint density at radius 3 is 2.47 bits per heavy atom. The normalized spacial score (nSPS) is 15.0. The minimum absolute atomic E-state index is 0.313. The lowest BCUT2D eigenvalue weighted by Gasteiger charge is -2.36. The summed E-state index contributed by atoms with van der Waals surface area (Å²) in [4.78, 5) is 25.5. The van der Waals surface area contributed by atoms with Gasteiger partial charge in [-0.25, -0.2) is 9.78 Å². The number of hydrogen-bond donors (Lipinski definition) is 1. The minimum Gasteiger partial charge on any atom is -0.478 e. The highest BCUT2D eigenvalue weighted by Gasteiger charge is 2.25. The van der Waals surface area contributed by atoms with Gasteiger partial charge in [-0.3, -0.25) is 4.90 Å². The summed E-state index contributed by atoms with van der Waals surface area (Å²) in [5.74, 6) is -0.944. The molecule has 1 aliphatic heterocycles. The van der Waals surface area contributed by atoms with Gasteiger partial charge in [0, 0.05) is 49.2 Å². The lowest BCUT2D eigenvalue weighted by molar-refractivity contribution is 0.0696. The van der Waals surface area contributed by atoms with E-state index in [2.05, 4.69) is 14.8 Å². The van der Waals surface area contributed by atoms with Crippen LogP contribution in [-0.2, 0) is 6.54 Å². The Labute approximate surface area is 191 Å². The predicted octanol–water partition coefficient (Wildman–Crippen LogP) is 3.92. The fraction of sp³-hybridized carbons (Fsp3) is 0.250. The number of pyridine rings is 1. The zero-order valence-electron chi connectivity index (χ0n) is 17.7. The van der Waals surface area contributed by atoms with Gasteiger partial charge in [-0.05, 0) is 12.3 Å². The number of para-hydroxylation sites is 1. The topological polar surface area (TPSA) is 92.8 Å². The molecule has 3 aromatic rings. The van der Waals surface area contributed by atoms with Crippen molar-refractivity contribution >= 4 is 33.8 Å². The van der Waals surface area contributed by atoms with Gasteiger partial charge < -0.3 is 10.0 Å². The number of aromatic carboxylic acids is 1. The molecule has 1 aliphatic rings. The molecule has 7 nitrogen and oxygen atoms in total. The zero-order chi connectivity index (χ0) is 22.5. The van der Waals surface area contributed by atoms with E-state index in [0.29, 0.717) is 28.7 Å². The molecule has 0 spiro atoms. The molecule has 0 aliphatic carbocycles. The van der Waals surface area contributed by atoms with Crippen LogP contribution in [0.15, 0.2) is 59.6 Å². The molecule has 1 N–H and O–H groups in total. The number of fused-ring (bicyclic) bond motifs is 1. The number of thioether (sulfide) groups is 1. The Morgan fingerprint density at radius 1 is 1.12 bits per heavy atom. The summed E-state index contributed by atoms with van der Waals surface area (Å²) in [6, 6.07) is 17.1. The predicted molar refractivity (Wildman–Crippen MR) is 128 cm³/mol. The quantitative estimate of drug-likeness (QED) is 0.370. The summed E-state index contributed by atoms with van der Waals surface area (Å²) < 4.78 is 0. The standard InChI is InChI=1S/C24H23N5O2S/c1-32-24(26-16-25)29-13-11-28(12-14-29)15-19-21(23(30)31)18-9-5-6-10-20(18)27-22(19)17-7-3-2-4-8-17/h2-10H,11-15H2,1H3,(H,30,31). The van der Waals surface area contributed by atoms with Crippen molar-refractivity contribution in [2.24, 2.45) is 4.99 Å². The van der Waals surface area contributed by atoms with Crippen molar-refractivity contribution in [2.75, 3.05) is 32.4 Å². The molecule has 2 aromatic carbocycles. The van der Waals surface area contributed by atoms with Crippen LogP contribution < -0.4 is 0 Å². The molecule has 162 valence electrons. The maximum absolute atomic E-state index is 12.4. The average Bonchev–Trinajstić information content (AvgIpc) is 2.83. The summed E-state index contributed by atoms with van der Waals surface area (Å²) in [6.07, 6.45) is 3.78. The first-order chi connectivity index (χ1) is 15.6. The van der Waals surface area contributed by atoms with Gasteiger partial charge in [0.1, 0.15) is 0 Å². The first kappa shape index (κ1) is 21.8. The monoisotopic (exact) mass is 445 g/mol. The van der Waals surface area contributed by atoms with E-state index in [0.717, 1.165) is 42.5 Å². The molecule has 0 radical (unpaired) electrons. The highest BCUT2D eigenvalue weighted by Crippen LogP contribution is 2.31. The second-order valence-corrected chi connectivity index (χ2v) is 8.24. The number of rotatable bonds is 4. The molecule has 1 aromatic heterocycles. The molecule has 0 amide bonds. The third-order valence-electron chi connectivity index (χ3n) is 5.61. The van der Waals surface area contributed by atoms with E-state index in [1.54, 1.807) is 0 Å². The minimum atomic E-state index is -0.944. The summed E-state index contributed by atoms with van der Waals surface area (Å²) in [5.41, 5.74) is 3.33. The molecule has 1 saturated heterocycles. The molecular weight excluding hydrogens is 422 g/mol. The largest absolute Gasteiger partial charge is 0.478 e. The number of piperazine rings is 1. The Hall–Kier alpha value is -3.41. The summed E-state index contributed by atoms with van der Waals surface area (Å²) in [5, 5.41) is 20.4. The van der Waals surface area contributed by atoms with Crippen molar-refractivity contribution in [3.8, 4) is 17.5 Å². The number of hydrogen-bond acceptors (Lipinski definition) is 6. The maximum atomic E-state index is 12.4. The molecule has 8 heteroatoms. The zero-order valence-corrected chi connectivity index (χ0v) is 18.5. The van der Waals surface area contributed by atoms with Crippen molar-refractivity contribution in [3.63, 3.8) is 0 Å². The van der Waals surface area contributed by atoms with E-state index < -0.39 is 5.97 Å². The van der Waals surface area contributed by atoms with Crippen molar-refractivity contribution < 1.29 is 9.90 Å². The van der Waals surface area contributed by atoms with E-state index in [9.17, 15) is 9.90 Å². The number of aromatic nitrogens is 1. The van der Waals surface area contributed by atoms with Gasteiger partial charge in [-0.15, -0.1) is 4.99 Å². The van der Waals surface area contributed by atoms with Crippen LogP contribution in [0, 0.1) is 11.5 Å². The second kappa shape index (κ2) is 9.81. The van der Waals surface area contributed by atoms with Gasteiger partial charge in [0.25, 0.3) is 0 Å². The van der Waals surface area contributed by atoms with E-state index in [1.165, 1.54) is 11.8 Å². The molecule has 0 atom stereocenters. The van der Waals surface area contributed by atoms with Crippen LogP contribution in [0.5, 0.6) is 0 Å². The highest BCUT2D eigenvalue weighted by atomic mass is 32.2.